The molecule has 130 valence electrons. The van der Waals surface area contributed by atoms with Gasteiger partial charge in [-0.2, -0.15) is 0 Å². The highest BCUT2D eigenvalue weighted by molar-refractivity contribution is 5.94. The third kappa shape index (κ3) is 4.06. The van der Waals surface area contributed by atoms with Crippen LogP contribution in [0.3, 0.4) is 0 Å². The molecule has 1 aromatic rings. The molecule has 1 fully saturated rings. The summed E-state index contributed by atoms with van der Waals surface area (Å²) in [5, 5.41) is 2.90. The summed E-state index contributed by atoms with van der Waals surface area (Å²) in [5.74, 6) is 1.12. The van der Waals surface area contributed by atoms with E-state index in [1.54, 1.807) is 6.92 Å². The Kier molecular flexibility index (Phi) is 5.35. The minimum atomic E-state index is 0.0735. The number of benzene rings is 1. The van der Waals surface area contributed by atoms with Crippen LogP contribution >= 0.6 is 0 Å². The van der Waals surface area contributed by atoms with Crippen molar-refractivity contribution in [2.24, 2.45) is 0 Å². The van der Waals surface area contributed by atoms with Crippen LogP contribution in [-0.2, 0) is 16.0 Å². The molecule has 0 unspecified atom stereocenters. The summed E-state index contributed by atoms with van der Waals surface area (Å²) in [6, 6.07) is 5.82. The molecule has 0 bridgehead atoms. The lowest BCUT2D eigenvalue weighted by molar-refractivity contribution is -0.130. The van der Waals surface area contributed by atoms with Crippen LogP contribution in [0.1, 0.15) is 25.3 Å². The zero-order valence-electron chi connectivity index (χ0n) is 14.2. The number of nitrogens with zero attached hydrogens (tertiary/aromatic N) is 2. The van der Waals surface area contributed by atoms with Crippen molar-refractivity contribution in [1.82, 2.24) is 9.80 Å². The number of carbonyl (C=O) groups excluding carboxylic acids is 2. The number of fused-ring (bicyclic) bond motifs is 1. The second-order valence-corrected chi connectivity index (χ2v) is 6.38. The summed E-state index contributed by atoms with van der Waals surface area (Å²) >= 11 is 0. The molecule has 0 radical (unpaired) electrons. The number of carbonyl (C=O) groups is 2. The van der Waals surface area contributed by atoms with Gasteiger partial charge in [0.2, 0.25) is 11.8 Å². The van der Waals surface area contributed by atoms with E-state index in [4.69, 9.17) is 4.74 Å². The zero-order valence-corrected chi connectivity index (χ0v) is 14.2. The van der Waals surface area contributed by atoms with Crippen LogP contribution in [-0.4, -0.2) is 60.9 Å². The van der Waals surface area contributed by atoms with E-state index >= 15 is 0 Å². The average molecular weight is 331 g/mol. The summed E-state index contributed by atoms with van der Waals surface area (Å²) in [4.78, 5) is 27.1. The monoisotopic (exact) mass is 331 g/mol. The average Bonchev–Trinajstić information content (AvgIpc) is 2.59. The van der Waals surface area contributed by atoms with Crippen molar-refractivity contribution in [3.05, 3.63) is 23.8 Å². The first-order valence-corrected chi connectivity index (χ1v) is 8.66. The topological polar surface area (TPSA) is 61.9 Å². The first-order chi connectivity index (χ1) is 11.6. The highest BCUT2D eigenvalue weighted by Crippen LogP contribution is 2.31. The van der Waals surface area contributed by atoms with Gasteiger partial charge in [0.25, 0.3) is 0 Å². The number of anilines is 1. The Morgan fingerprint density at radius 1 is 1.21 bits per heavy atom. The molecule has 6 heteroatoms. The van der Waals surface area contributed by atoms with Gasteiger partial charge in [-0.25, -0.2) is 0 Å². The van der Waals surface area contributed by atoms with Crippen LogP contribution in [0.25, 0.3) is 0 Å². The second kappa shape index (κ2) is 7.66. The number of piperazine rings is 1. The van der Waals surface area contributed by atoms with E-state index in [1.807, 2.05) is 23.1 Å². The molecule has 0 spiro atoms. The highest BCUT2D eigenvalue weighted by atomic mass is 16.5. The third-order valence-corrected chi connectivity index (χ3v) is 4.70. The van der Waals surface area contributed by atoms with E-state index in [-0.39, 0.29) is 11.8 Å². The summed E-state index contributed by atoms with van der Waals surface area (Å²) in [6.45, 7) is 6.80. The number of hydrogen-bond acceptors (Lipinski definition) is 4. The number of amides is 2. The molecular formula is C18H25N3O3. The molecule has 0 aromatic heterocycles. The highest BCUT2D eigenvalue weighted by Gasteiger charge is 2.19. The van der Waals surface area contributed by atoms with Crippen LogP contribution < -0.4 is 10.1 Å². The van der Waals surface area contributed by atoms with E-state index in [0.717, 1.165) is 62.6 Å². The fourth-order valence-electron chi connectivity index (χ4n) is 3.28. The van der Waals surface area contributed by atoms with Gasteiger partial charge in [-0.15, -0.1) is 0 Å². The van der Waals surface area contributed by atoms with Crippen LogP contribution in [0.15, 0.2) is 18.2 Å². The second-order valence-electron chi connectivity index (χ2n) is 6.38. The number of ether oxygens (including phenoxy) is 1. The van der Waals surface area contributed by atoms with Crippen molar-refractivity contribution in [2.45, 2.75) is 26.2 Å². The molecule has 0 atom stereocenters. The number of nitrogens with one attached hydrogen (secondary N) is 1. The van der Waals surface area contributed by atoms with Crippen molar-refractivity contribution in [2.75, 3.05) is 44.6 Å². The minimum Gasteiger partial charge on any atom is -0.493 e. The van der Waals surface area contributed by atoms with Gasteiger partial charge in [0, 0.05) is 57.3 Å². The molecule has 1 saturated heterocycles. The van der Waals surface area contributed by atoms with Crippen LogP contribution in [0, 0.1) is 0 Å². The van der Waals surface area contributed by atoms with E-state index in [0.29, 0.717) is 13.0 Å². The Labute approximate surface area is 142 Å². The molecule has 3 rings (SSSR count). The first kappa shape index (κ1) is 16.8. The quantitative estimate of drug-likeness (QED) is 0.831. The van der Waals surface area contributed by atoms with Crippen molar-refractivity contribution < 1.29 is 14.3 Å². The molecule has 1 aromatic carbocycles. The van der Waals surface area contributed by atoms with E-state index < -0.39 is 0 Å². The van der Waals surface area contributed by atoms with Crippen molar-refractivity contribution >= 4 is 17.5 Å². The van der Waals surface area contributed by atoms with Gasteiger partial charge in [-0.05, 0) is 25.0 Å². The Morgan fingerprint density at radius 2 is 2.00 bits per heavy atom. The van der Waals surface area contributed by atoms with Gasteiger partial charge < -0.3 is 15.0 Å². The molecule has 0 saturated carbocycles. The zero-order chi connectivity index (χ0) is 16.9. The lowest BCUT2D eigenvalue weighted by Gasteiger charge is -2.34. The maximum atomic E-state index is 11.5. The summed E-state index contributed by atoms with van der Waals surface area (Å²) in [7, 11) is 0. The number of hydrogen-bond donors (Lipinski definition) is 1. The summed E-state index contributed by atoms with van der Waals surface area (Å²) < 4.78 is 5.95. The predicted molar refractivity (Wildman–Crippen MR) is 92.2 cm³/mol. The van der Waals surface area contributed by atoms with Gasteiger partial charge in [0.1, 0.15) is 5.75 Å². The molecule has 2 amide bonds. The standard InChI is InChI=1S/C18H25N3O3/c1-14(22)21-11-9-20(10-12-21)8-3-13-24-17-5-2-4-16-15(17)6-7-18(23)19-16/h2,4-5H,3,6-13H2,1H3,(H,19,23). The van der Waals surface area contributed by atoms with Crippen LogP contribution in [0.2, 0.25) is 0 Å². The fourth-order valence-corrected chi connectivity index (χ4v) is 3.28. The SMILES string of the molecule is CC(=O)N1CCN(CCCOc2cccc3c2CCC(=O)N3)CC1. The maximum absolute atomic E-state index is 11.5. The first-order valence-electron chi connectivity index (χ1n) is 8.66. The van der Waals surface area contributed by atoms with Gasteiger partial charge in [-0.3, -0.25) is 14.5 Å². The smallest absolute Gasteiger partial charge is 0.224 e. The lowest BCUT2D eigenvalue weighted by atomic mass is 10.0. The van der Waals surface area contributed by atoms with Gasteiger partial charge in [-0.1, -0.05) is 6.07 Å². The van der Waals surface area contributed by atoms with E-state index in [2.05, 4.69) is 10.2 Å². The molecule has 0 aliphatic carbocycles. The van der Waals surface area contributed by atoms with Crippen LogP contribution in [0.5, 0.6) is 5.75 Å². The maximum Gasteiger partial charge on any atom is 0.224 e. The third-order valence-electron chi connectivity index (χ3n) is 4.70. The Hall–Kier alpha value is -2.08. The summed E-state index contributed by atoms with van der Waals surface area (Å²) in [6.07, 6.45) is 2.22. The van der Waals surface area contributed by atoms with E-state index in [1.165, 1.54) is 0 Å². The van der Waals surface area contributed by atoms with Crippen LogP contribution in [0.4, 0.5) is 5.69 Å². The van der Waals surface area contributed by atoms with Gasteiger partial charge in [0.15, 0.2) is 0 Å². The Morgan fingerprint density at radius 3 is 2.75 bits per heavy atom. The predicted octanol–water partition coefficient (Wildman–Crippen LogP) is 1.50. The van der Waals surface area contributed by atoms with Gasteiger partial charge >= 0.3 is 0 Å². The molecular weight excluding hydrogens is 306 g/mol. The normalized spacial score (nSPS) is 18.0. The summed E-state index contributed by atoms with van der Waals surface area (Å²) in [5.41, 5.74) is 1.98. The van der Waals surface area contributed by atoms with Gasteiger partial charge in [0.05, 0.1) is 6.61 Å². The molecule has 2 aliphatic heterocycles. The van der Waals surface area contributed by atoms with E-state index in [9.17, 15) is 9.59 Å². The molecule has 1 N–H and O–H groups in total. The Bertz CT molecular complexity index is 610. The largest absolute Gasteiger partial charge is 0.493 e. The molecule has 6 nitrogen and oxygen atoms in total. The molecule has 2 heterocycles. The van der Waals surface area contributed by atoms with Crippen molar-refractivity contribution in [3.63, 3.8) is 0 Å². The number of rotatable bonds is 5. The lowest BCUT2D eigenvalue weighted by Crippen LogP contribution is -2.48. The fraction of sp³-hybridized carbons (Fsp3) is 0.556. The molecule has 2 aliphatic rings. The van der Waals surface area contributed by atoms with Crippen molar-refractivity contribution in [3.8, 4) is 5.75 Å². The van der Waals surface area contributed by atoms with Crippen molar-refractivity contribution in [1.29, 1.82) is 0 Å². The Balaban J connectivity index is 1.42. The minimum absolute atomic E-state index is 0.0735. The molecule has 24 heavy (non-hydrogen) atoms.